The molecular formula is C16H24N2O. The highest BCUT2D eigenvalue weighted by molar-refractivity contribution is 5.81. The Labute approximate surface area is 115 Å². The zero-order chi connectivity index (χ0) is 13.8. The molecular weight excluding hydrogens is 236 g/mol. The molecule has 0 radical (unpaired) electrons. The van der Waals surface area contributed by atoms with Gasteiger partial charge in [0, 0.05) is 12.1 Å². The fraction of sp³-hybridized carbons (Fsp3) is 0.562. The molecule has 2 N–H and O–H groups in total. The van der Waals surface area contributed by atoms with E-state index in [0.717, 1.165) is 12.8 Å². The van der Waals surface area contributed by atoms with E-state index >= 15 is 0 Å². The van der Waals surface area contributed by atoms with E-state index in [0.29, 0.717) is 12.0 Å². The molecule has 0 aliphatic heterocycles. The Hall–Kier alpha value is -1.35. The summed E-state index contributed by atoms with van der Waals surface area (Å²) in [5, 5.41) is 6.50. The van der Waals surface area contributed by atoms with Crippen molar-refractivity contribution >= 4 is 5.91 Å². The van der Waals surface area contributed by atoms with Crippen molar-refractivity contribution in [2.75, 3.05) is 0 Å². The van der Waals surface area contributed by atoms with E-state index in [4.69, 9.17) is 0 Å². The topological polar surface area (TPSA) is 41.1 Å². The molecule has 1 aromatic carbocycles. The van der Waals surface area contributed by atoms with Gasteiger partial charge < -0.3 is 5.32 Å². The Morgan fingerprint density at radius 1 is 1.16 bits per heavy atom. The molecule has 2 atom stereocenters. The Morgan fingerprint density at radius 3 is 2.32 bits per heavy atom. The van der Waals surface area contributed by atoms with Crippen LogP contribution in [-0.2, 0) is 4.79 Å². The summed E-state index contributed by atoms with van der Waals surface area (Å²) in [7, 11) is 0. The van der Waals surface area contributed by atoms with Crippen molar-refractivity contribution in [3.8, 4) is 0 Å². The summed E-state index contributed by atoms with van der Waals surface area (Å²) in [4.78, 5) is 12.0. The fourth-order valence-electron chi connectivity index (χ4n) is 2.23. The molecule has 1 saturated carbocycles. The minimum absolute atomic E-state index is 0.115. The van der Waals surface area contributed by atoms with Gasteiger partial charge in [-0.2, -0.15) is 0 Å². The van der Waals surface area contributed by atoms with Crippen LogP contribution in [0.2, 0.25) is 0 Å². The highest BCUT2D eigenvalue weighted by Crippen LogP contribution is 2.22. The van der Waals surface area contributed by atoms with E-state index < -0.39 is 0 Å². The Morgan fingerprint density at radius 2 is 1.79 bits per heavy atom. The molecule has 3 nitrogen and oxygen atoms in total. The molecule has 19 heavy (non-hydrogen) atoms. The molecule has 0 saturated heterocycles. The summed E-state index contributed by atoms with van der Waals surface area (Å²) in [5.41, 5.74) is 1.24. The average molecular weight is 260 g/mol. The maximum Gasteiger partial charge on any atom is 0.237 e. The molecule has 104 valence electrons. The highest BCUT2D eigenvalue weighted by atomic mass is 16.2. The van der Waals surface area contributed by atoms with Gasteiger partial charge >= 0.3 is 0 Å². The smallest absolute Gasteiger partial charge is 0.237 e. The molecule has 0 spiro atoms. The van der Waals surface area contributed by atoms with Crippen LogP contribution in [0.1, 0.15) is 45.2 Å². The lowest BCUT2D eigenvalue weighted by Gasteiger charge is -2.26. The normalized spacial score (nSPS) is 18.1. The summed E-state index contributed by atoms with van der Waals surface area (Å²) >= 11 is 0. The third-order valence-electron chi connectivity index (χ3n) is 3.57. The van der Waals surface area contributed by atoms with Gasteiger partial charge in [-0.1, -0.05) is 44.2 Å². The van der Waals surface area contributed by atoms with Crippen LogP contribution >= 0.6 is 0 Å². The summed E-state index contributed by atoms with van der Waals surface area (Å²) in [6.45, 7) is 6.29. The predicted molar refractivity (Wildman–Crippen MR) is 77.8 cm³/mol. The fourth-order valence-corrected chi connectivity index (χ4v) is 2.23. The quantitative estimate of drug-likeness (QED) is 0.825. The van der Waals surface area contributed by atoms with Crippen LogP contribution in [0.25, 0.3) is 0 Å². The van der Waals surface area contributed by atoms with Gasteiger partial charge in [-0.15, -0.1) is 0 Å². The lowest BCUT2D eigenvalue weighted by atomic mass is 9.95. The number of hydrogen-bond acceptors (Lipinski definition) is 2. The van der Waals surface area contributed by atoms with E-state index in [1.165, 1.54) is 5.56 Å². The predicted octanol–water partition coefficient (Wildman–Crippen LogP) is 2.64. The lowest BCUT2D eigenvalue weighted by Crippen LogP contribution is -2.45. The third kappa shape index (κ3) is 4.06. The third-order valence-corrected chi connectivity index (χ3v) is 3.57. The molecule has 0 bridgehead atoms. The molecule has 1 aliphatic rings. The van der Waals surface area contributed by atoms with E-state index in [1.54, 1.807) is 0 Å². The summed E-state index contributed by atoms with van der Waals surface area (Å²) in [6.07, 6.45) is 2.26. The number of nitrogens with one attached hydrogen (secondary N) is 2. The highest BCUT2D eigenvalue weighted by Gasteiger charge is 2.27. The molecule has 1 amide bonds. The maximum absolute atomic E-state index is 12.0. The van der Waals surface area contributed by atoms with Gasteiger partial charge in [0.2, 0.25) is 5.91 Å². The van der Waals surface area contributed by atoms with Gasteiger partial charge in [-0.25, -0.2) is 0 Å². The van der Waals surface area contributed by atoms with Crippen molar-refractivity contribution in [1.82, 2.24) is 10.6 Å². The van der Waals surface area contributed by atoms with E-state index in [-0.39, 0.29) is 18.0 Å². The first-order valence-electron chi connectivity index (χ1n) is 7.19. The number of rotatable bonds is 6. The van der Waals surface area contributed by atoms with Crippen LogP contribution in [0.3, 0.4) is 0 Å². The molecule has 1 fully saturated rings. The average Bonchev–Trinajstić information content (AvgIpc) is 3.20. The largest absolute Gasteiger partial charge is 0.352 e. The number of carbonyl (C=O) groups excluding carboxylic acids is 1. The molecule has 0 aromatic heterocycles. The van der Waals surface area contributed by atoms with Gasteiger partial charge in [0.15, 0.2) is 0 Å². The molecule has 1 aliphatic carbocycles. The van der Waals surface area contributed by atoms with Crippen LogP contribution in [0.5, 0.6) is 0 Å². The van der Waals surface area contributed by atoms with Gasteiger partial charge in [0.05, 0.1) is 6.04 Å². The van der Waals surface area contributed by atoms with Crippen LogP contribution < -0.4 is 10.6 Å². The Kier molecular flexibility index (Phi) is 4.59. The Bertz CT molecular complexity index is 412. The number of carbonyl (C=O) groups is 1. The number of hydrogen-bond donors (Lipinski definition) is 2. The lowest BCUT2D eigenvalue weighted by molar-refractivity contribution is -0.123. The summed E-state index contributed by atoms with van der Waals surface area (Å²) < 4.78 is 0. The van der Waals surface area contributed by atoms with Crippen LogP contribution in [0.15, 0.2) is 30.3 Å². The maximum atomic E-state index is 12.0. The van der Waals surface area contributed by atoms with Gasteiger partial charge in [0.25, 0.3) is 0 Å². The molecule has 2 rings (SSSR count). The zero-order valence-electron chi connectivity index (χ0n) is 12.0. The van der Waals surface area contributed by atoms with Gasteiger partial charge in [0.1, 0.15) is 0 Å². The van der Waals surface area contributed by atoms with Crippen LogP contribution in [0.4, 0.5) is 0 Å². The first-order chi connectivity index (χ1) is 9.08. The number of amides is 1. The van der Waals surface area contributed by atoms with E-state index in [2.05, 4.69) is 36.6 Å². The monoisotopic (exact) mass is 260 g/mol. The SMILES string of the molecule is CC(NC(c1ccccc1)C(C)C)C(=O)NC1CC1. The van der Waals surface area contributed by atoms with Crippen LogP contribution in [0, 0.1) is 5.92 Å². The minimum atomic E-state index is -0.159. The van der Waals surface area contributed by atoms with Crippen LogP contribution in [-0.4, -0.2) is 18.0 Å². The standard InChI is InChI=1S/C16H24N2O/c1-11(2)15(13-7-5-4-6-8-13)17-12(3)16(19)18-14-9-10-14/h4-8,11-12,14-15,17H,9-10H2,1-3H3,(H,18,19). The second-order valence-electron chi connectivity index (χ2n) is 5.80. The number of benzene rings is 1. The molecule has 1 aromatic rings. The first-order valence-corrected chi connectivity index (χ1v) is 7.19. The summed E-state index contributed by atoms with van der Waals surface area (Å²) in [6, 6.07) is 10.8. The zero-order valence-corrected chi connectivity index (χ0v) is 12.0. The Balaban J connectivity index is 1.98. The van der Waals surface area contributed by atoms with Gasteiger partial charge in [-0.05, 0) is 31.2 Å². The second kappa shape index (κ2) is 6.20. The molecule has 3 heteroatoms. The van der Waals surface area contributed by atoms with Crippen molar-refractivity contribution in [1.29, 1.82) is 0 Å². The van der Waals surface area contributed by atoms with E-state index in [9.17, 15) is 4.79 Å². The minimum Gasteiger partial charge on any atom is -0.352 e. The van der Waals surface area contributed by atoms with Gasteiger partial charge in [-0.3, -0.25) is 10.1 Å². The van der Waals surface area contributed by atoms with Crippen molar-refractivity contribution in [3.63, 3.8) is 0 Å². The molecule has 0 heterocycles. The molecule has 2 unspecified atom stereocenters. The van der Waals surface area contributed by atoms with Crippen molar-refractivity contribution in [3.05, 3.63) is 35.9 Å². The second-order valence-corrected chi connectivity index (χ2v) is 5.80. The van der Waals surface area contributed by atoms with Crippen molar-refractivity contribution in [2.24, 2.45) is 5.92 Å². The van der Waals surface area contributed by atoms with E-state index in [1.807, 2.05) is 25.1 Å². The van der Waals surface area contributed by atoms with Crippen molar-refractivity contribution in [2.45, 2.75) is 51.7 Å². The summed E-state index contributed by atoms with van der Waals surface area (Å²) in [5.74, 6) is 0.558. The van der Waals surface area contributed by atoms with Crippen molar-refractivity contribution < 1.29 is 4.79 Å². The first kappa shape index (κ1) is 14.1.